The number of anilines is 2. The van der Waals surface area contributed by atoms with Gasteiger partial charge >= 0.3 is 11.4 Å². The maximum absolute atomic E-state index is 13.0. The highest BCUT2D eigenvalue weighted by molar-refractivity contribution is 5.76. The van der Waals surface area contributed by atoms with Crippen LogP contribution in [0.25, 0.3) is 45.1 Å². The number of aryl methyl sites for hydroxylation is 2. The zero-order valence-corrected chi connectivity index (χ0v) is 33.3. The van der Waals surface area contributed by atoms with Gasteiger partial charge in [-0.15, -0.1) is 6.58 Å². The number of hydrogen-bond acceptors (Lipinski definition) is 10. The van der Waals surface area contributed by atoms with Crippen LogP contribution in [0.3, 0.4) is 0 Å². The van der Waals surface area contributed by atoms with Gasteiger partial charge < -0.3 is 20.6 Å². The Morgan fingerprint density at radius 3 is 1.61 bits per heavy atom. The lowest BCUT2D eigenvalue weighted by atomic mass is 10.1. The van der Waals surface area contributed by atoms with Crippen molar-refractivity contribution < 1.29 is 0 Å². The first-order valence-electron chi connectivity index (χ1n) is 20.3. The van der Waals surface area contributed by atoms with Crippen LogP contribution in [0.2, 0.25) is 0 Å². The third kappa shape index (κ3) is 8.15. The molecule has 1 aromatic carbocycles. The minimum Gasteiger partial charge on any atom is -0.370 e. The monoisotopic (exact) mass is 796 g/mol. The zero-order chi connectivity index (χ0) is 41.0. The molecule has 0 bridgehead atoms. The molecule has 0 unspecified atom stereocenters. The van der Waals surface area contributed by atoms with E-state index in [0.717, 1.165) is 74.3 Å². The van der Waals surface area contributed by atoms with Crippen molar-refractivity contribution in [3.8, 4) is 22.8 Å². The minimum absolute atomic E-state index is 0.0113. The maximum atomic E-state index is 13.0. The number of imidazole rings is 2. The van der Waals surface area contributed by atoms with Crippen LogP contribution in [-0.4, -0.2) is 61.3 Å². The van der Waals surface area contributed by atoms with Gasteiger partial charge in [-0.2, -0.15) is 0 Å². The quantitative estimate of drug-likeness (QED) is 0.0944. The molecule has 2 aliphatic rings. The number of nitrogens with one attached hydrogen (secondary N) is 4. The summed E-state index contributed by atoms with van der Waals surface area (Å²) in [5.74, 6) is 2.58. The molecule has 6 heterocycles. The molecule has 0 amide bonds. The lowest BCUT2D eigenvalue weighted by Gasteiger charge is -2.09. The first-order valence-corrected chi connectivity index (χ1v) is 20.3. The van der Waals surface area contributed by atoms with Gasteiger partial charge in [0.1, 0.15) is 34.3 Å². The Labute approximate surface area is 338 Å². The fourth-order valence-electron chi connectivity index (χ4n) is 7.14. The molecule has 304 valence electrons. The zero-order valence-electron chi connectivity index (χ0n) is 33.3. The maximum Gasteiger partial charge on any atom is 0.333 e. The Balaban J connectivity index is 0.000000167. The fourth-order valence-corrected chi connectivity index (χ4v) is 7.14. The topological polar surface area (TPSA) is 195 Å². The van der Waals surface area contributed by atoms with Gasteiger partial charge in [0, 0.05) is 61.8 Å². The molecule has 4 N–H and O–H groups in total. The number of aromatic nitrogens is 10. The van der Waals surface area contributed by atoms with Crippen molar-refractivity contribution in [3.05, 3.63) is 127 Å². The van der Waals surface area contributed by atoms with Crippen LogP contribution in [0.5, 0.6) is 0 Å². The number of benzene rings is 1. The molecule has 2 saturated carbocycles. The molecule has 9 rings (SSSR count). The second kappa shape index (κ2) is 16.9. The lowest BCUT2D eigenvalue weighted by molar-refractivity contribution is 0.571. The standard InChI is InChI=1S/C24H26N6O2.C19H22N6O2/c1-2-14-29-22-20(23(31)30(24(29)32)18-9-10-18)27-21(28-22)17-8-11-19(26-15-17)25-13-12-16-6-4-3-5-7-16;1-3-9-20-14-8-5-12(11-21-14)16-22-15-17(23-16)24(10-4-2)19(27)25(18(15)26)13-6-7-13/h3-8,11,15,18H,2,9-10,12-14H2,1H3,(H,25,26)(H,27,28);3,5,8,11,13H,1,4,6-7,9-10H2,2H3,(H,20,21)(H,22,23). The predicted molar refractivity (Wildman–Crippen MR) is 230 cm³/mol. The van der Waals surface area contributed by atoms with Gasteiger partial charge in [-0.05, 0) is 74.8 Å². The van der Waals surface area contributed by atoms with E-state index in [-0.39, 0.29) is 34.6 Å². The molecule has 59 heavy (non-hydrogen) atoms. The van der Waals surface area contributed by atoms with E-state index in [1.165, 1.54) is 14.7 Å². The Morgan fingerprint density at radius 2 is 1.19 bits per heavy atom. The second-order valence-electron chi connectivity index (χ2n) is 14.9. The van der Waals surface area contributed by atoms with Crippen LogP contribution in [-0.2, 0) is 19.5 Å². The second-order valence-corrected chi connectivity index (χ2v) is 14.9. The number of pyridine rings is 2. The Morgan fingerprint density at radius 1 is 0.695 bits per heavy atom. The van der Waals surface area contributed by atoms with Crippen LogP contribution in [0.15, 0.2) is 98.8 Å². The molecule has 7 aromatic rings. The van der Waals surface area contributed by atoms with Gasteiger partial charge in [-0.1, -0.05) is 50.3 Å². The number of fused-ring (bicyclic) bond motifs is 2. The largest absolute Gasteiger partial charge is 0.370 e. The smallest absolute Gasteiger partial charge is 0.333 e. The first kappa shape index (κ1) is 39.0. The Bertz CT molecular complexity index is 2840. The molecule has 2 aliphatic carbocycles. The third-order valence-corrected chi connectivity index (χ3v) is 10.4. The normalized spacial score (nSPS) is 13.7. The fraction of sp³-hybridized carbons (Fsp3) is 0.349. The van der Waals surface area contributed by atoms with Gasteiger partial charge in [-0.3, -0.25) is 27.9 Å². The summed E-state index contributed by atoms with van der Waals surface area (Å²) in [5, 5.41) is 6.44. The van der Waals surface area contributed by atoms with Crippen LogP contribution >= 0.6 is 0 Å². The average Bonchev–Trinajstić information content (AvgIpc) is 4.19. The van der Waals surface area contributed by atoms with Crippen molar-refractivity contribution >= 4 is 34.0 Å². The number of aromatic amines is 2. The number of H-pyrrole nitrogens is 2. The van der Waals surface area contributed by atoms with Gasteiger partial charge in [0.05, 0.1) is 0 Å². The summed E-state index contributed by atoms with van der Waals surface area (Å²) >= 11 is 0. The van der Waals surface area contributed by atoms with Gasteiger partial charge in [0.2, 0.25) is 0 Å². The van der Waals surface area contributed by atoms with Crippen molar-refractivity contribution in [2.45, 2.75) is 84.0 Å². The van der Waals surface area contributed by atoms with E-state index in [1.54, 1.807) is 27.6 Å². The summed E-state index contributed by atoms with van der Waals surface area (Å²) in [7, 11) is 0. The third-order valence-electron chi connectivity index (χ3n) is 10.4. The molecule has 2 fully saturated rings. The summed E-state index contributed by atoms with van der Waals surface area (Å²) in [6, 6.07) is 17.9. The van der Waals surface area contributed by atoms with E-state index in [2.05, 4.69) is 59.2 Å². The Hall–Kier alpha value is -6.84. The van der Waals surface area contributed by atoms with Crippen molar-refractivity contribution in [2.24, 2.45) is 0 Å². The number of rotatable bonds is 15. The molecule has 0 radical (unpaired) electrons. The minimum atomic E-state index is -0.291. The summed E-state index contributed by atoms with van der Waals surface area (Å²) in [6.07, 6.45) is 11.1. The van der Waals surface area contributed by atoms with Gasteiger partial charge in [0.15, 0.2) is 11.3 Å². The number of nitrogens with zero attached hydrogens (tertiary/aromatic N) is 8. The SMILES string of the molecule is C=CCNc1ccc(-c2nc3c([nH]2)c(=O)n(C2CC2)c(=O)n3CCC)cn1.CCCn1c(=O)n(C2CC2)c(=O)c2[nH]c(-c3ccc(NCCc4ccccc4)nc3)nc21. The van der Waals surface area contributed by atoms with E-state index in [9.17, 15) is 19.2 Å². The first-order chi connectivity index (χ1) is 28.8. The van der Waals surface area contributed by atoms with Gasteiger partial charge in [0.25, 0.3) is 11.1 Å². The molecule has 16 heteroatoms. The van der Waals surface area contributed by atoms with Crippen molar-refractivity contribution in [2.75, 3.05) is 23.7 Å². The summed E-state index contributed by atoms with van der Waals surface area (Å²) in [4.78, 5) is 75.8. The molecule has 16 nitrogen and oxygen atoms in total. The van der Waals surface area contributed by atoms with E-state index in [0.29, 0.717) is 53.6 Å². The Kier molecular flexibility index (Phi) is 11.2. The average molecular weight is 797 g/mol. The van der Waals surface area contributed by atoms with Crippen molar-refractivity contribution in [3.63, 3.8) is 0 Å². The van der Waals surface area contributed by atoms with E-state index < -0.39 is 0 Å². The molecular formula is C43H48N12O4. The van der Waals surface area contributed by atoms with Gasteiger partial charge in [-0.25, -0.2) is 29.5 Å². The molecule has 0 saturated heterocycles. The summed E-state index contributed by atoms with van der Waals surface area (Å²) in [5.41, 5.74) is 3.26. The van der Waals surface area contributed by atoms with E-state index >= 15 is 0 Å². The van der Waals surface area contributed by atoms with Crippen LogP contribution < -0.4 is 33.1 Å². The summed E-state index contributed by atoms with van der Waals surface area (Å²) in [6.45, 7) is 10.1. The molecule has 0 spiro atoms. The highest BCUT2D eigenvalue weighted by atomic mass is 16.2. The predicted octanol–water partition coefficient (Wildman–Crippen LogP) is 5.64. The van der Waals surface area contributed by atoms with E-state index in [4.69, 9.17) is 0 Å². The van der Waals surface area contributed by atoms with Crippen LogP contribution in [0.1, 0.15) is 70.0 Å². The molecule has 0 aliphatic heterocycles. The number of hydrogen-bond donors (Lipinski definition) is 4. The highest BCUT2D eigenvalue weighted by Crippen LogP contribution is 2.33. The summed E-state index contributed by atoms with van der Waals surface area (Å²) < 4.78 is 5.98. The highest BCUT2D eigenvalue weighted by Gasteiger charge is 2.31. The lowest BCUT2D eigenvalue weighted by Crippen LogP contribution is -2.39. The molecule has 6 aromatic heterocycles. The molecule has 0 atom stereocenters. The van der Waals surface area contributed by atoms with Crippen LogP contribution in [0.4, 0.5) is 11.6 Å². The molecular weight excluding hydrogens is 749 g/mol. The van der Waals surface area contributed by atoms with E-state index in [1.807, 2.05) is 56.3 Å². The van der Waals surface area contributed by atoms with Crippen molar-refractivity contribution in [1.29, 1.82) is 0 Å². The van der Waals surface area contributed by atoms with Crippen molar-refractivity contribution in [1.82, 2.24) is 48.2 Å². The van der Waals surface area contributed by atoms with Crippen LogP contribution in [0, 0.1) is 0 Å².